The highest BCUT2D eigenvalue weighted by Gasteiger charge is 2.09. The van der Waals surface area contributed by atoms with Crippen molar-refractivity contribution < 1.29 is 23.8 Å². The molecule has 2 aromatic rings. The molecule has 0 unspecified atom stereocenters. The molecule has 1 N–H and O–H groups in total. The summed E-state index contributed by atoms with van der Waals surface area (Å²) < 4.78 is 22.9. The van der Waals surface area contributed by atoms with Crippen molar-refractivity contribution in [1.82, 2.24) is 9.97 Å². The summed E-state index contributed by atoms with van der Waals surface area (Å²) in [6.45, 7) is 2.04. The fourth-order valence-corrected chi connectivity index (χ4v) is 1.61. The first-order valence-electron chi connectivity index (χ1n) is 6.85. The molecule has 0 aliphatic rings. The number of halogens is 1. The Kier molecular flexibility index (Phi) is 5.62. The van der Waals surface area contributed by atoms with Gasteiger partial charge in [-0.2, -0.15) is 0 Å². The molecule has 0 bridgehead atoms. The summed E-state index contributed by atoms with van der Waals surface area (Å²) >= 11 is 0. The Morgan fingerprint density at radius 2 is 1.91 bits per heavy atom. The van der Waals surface area contributed by atoms with Crippen LogP contribution in [0.25, 0.3) is 6.08 Å². The highest BCUT2D eigenvalue weighted by atomic mass is 19.1. The van der Waals surface area contributed by atoms with E-state index in [1.54, 1.807) is 19.1 Å². The van der Waals surface area contributed by atoms with Crippen LogP contribution >= 0.6 is 0 Å². The Balaban J connectivity index is 1.95. The third-order valence-electron chi connectivity index (χ3n) is 2.72. The van der Waals surface area contributed by atoms with Gasteiger partial charge in [-0.15, -0.1) is 0 Å². The number of ether oxygens (including phenoxy) is 2. The van der Waals surface area contributed by atoms with E-state index in [-0.39, 0.29) is 24.9 Å². The predicted molar refractivity (Wildman–Crippen MR) is 80.0 cm³/mol. The van der Waals surface area contributed by atoms with Crippen LogP contribution < -0.4 is 4.74 Å². The molecule has 1 aromatic carbocycles. The van der Waals surface area contributed by atoms with Gasteiger partial charge in [0.15, 0.2) is 11.6 Å². The molecule has 120 valence electrons. The van der Waals surface area contributed by atoms with E-state index in [1.165, 1.54) is 24.5 Å². The van der Waals surface area contributed by atoms with Crippen molar-refractivity contribution in [3.05, 3.63) is 59.6 Å². The zero-order valence-electron chi connectivity index (χ0n) is 12.4. The van der Waals surface area contributed by atoms with E-state index in [0.29, 0.717) is 5.75 Å². The minimum absolute atomic E-state index is 0.143. The largest absolute Gasteiger partial charge is 0.502 e. The summed E-state index contributed by atoms with van der Waals surface area (Å²) in [5, 5.41) is 9.49. The summed E-state index contributed by atoms with van der Waals surface area (Å²) in [5.41, 5.74) is 0.801. The van der Waals surface area contributed by atoms with Crippen molar-refractivity contribution in [3.8, 4) is 5.75 Å². The molecule has 7 heteroatoms. The molecule has 0 aliphatic heterocycles. The summed E-state index contributed by atoms with van der Waals surface area (Å²) in [4.78, 5) is 19.1. The summed E-state index contributed by atoms with van der Waals surface area (Å²) in [6.07, 6.45) is 3.91. The minimum atomic E-state index is -0.840. The Bertz CT molecular complexity index is 684. The highest BCUT2D eigenvalue weighted by molar-refractivity contribution is 5.90. The van der Waals surface area contributed by atoms with E-state index in [2.05, 4.69) is 14.7 Å². The van der Waals surface area contributed by atoms with Gasteiger partial charge in [0.1, 0.15) is 12.4 Å². The van der Waals surface area contributed by atoms with Crippen molar-refractivity contribution in [1.29, 1.82) is 0 Å². The van der Waals surface area contributed by atoms with Crippen LogP contribution in [-0.4, -0.2) is 27.7 Å². The number of esters is 1. The van der Waals surface area contributed by atoms with E-state index in [1.807, 2.05) is 0 Å². The first kappa shape index (κ1) is 16.4. The van der Waals surface area contributed by atoms with Gasteiger partial charge in [-0.05, 0) is 24.6 Å². The molecule has 0 atom stereocenters. The average Bonchev–Trinajstić information content (AvgIpc) is 2.56. The van der Waals surface area contributed by atoms with Crippen molar-refractivity contribution in [3.63, 3.8) is 0 Å². The number of nitrogens with zero attached hydrogens (tertiary/aromatic N) is 2. The normalized spacial score (nSPS) is 11.1. The van der Waals surface area contributed by atoms with Gasteiger partial charge < -0.3 is 14.6 Å². The van der Waals surface area contributed by atoms with Gasteiger partial charge in [0, 0.05) is 6.08 Å². The van der Waals surface area contributed by atoms with E-state index in [4.69, 9.17) is 4.74 Å². The van der Waals surface area contributed by atoms with Gasteiger partial charge >= 0.3 is 5.97 Å². The van der Waals surface area contributed by atoms with E-state index in [0.717, 1.165) is 11.6 Å². The third-order valence-corrected chi connectivity index (χ3v) is 2.72. The Labute approximate surface area is 132 Å². The van der Waals surface area contributed by atoms with Gasteiger partial charge in [-0.3, -0.25) is 0 Å². The van der Waals surface area contributed by atoms with E-state index < -0.39 is 11.7 Å². The smallest absolute Gasteiger partial charge is 0.373 e. The minimum Gasteiger partial charge on any atom is -0.502 e. The van der Waals surface area contributed by atoms with Gasteiger partial charge in [0.2, 0.25) is 5.76 Å². The fourth-order valence-electron chi connectivity index (χ4n) is 1.61. The van der Waals surface area contributed by atoms with Crippen LogP contribution in [-0.2, 0) is 16.1 Å². The molecule has 0 aliphatic carbocycles. The monoisotopic (exact) mass is 318 g/mol. The van der Waals surface area contributed by atoms with Crippen LogP contribution in [0.5, 0.6) is 5.75 Å². The molecule has 0 amide bonds. The van der Waals surface area contributed by atoms with Gasteiger partial charge in [0.25, 0.3) is 0 Å². The number of rotatable bonds is 6. The number of aromatic nitrogens is 2. The molecule has 1 aromatic heterocycles. The highest BCUT2D eigenvalue weighted by Crippen LogP contribution is 2.11. The Morgan fingerprint density at radius 1 is 1.26 bits per heavy atom. The molecule has 0 radical (unpaired) electrons. The number of aliphatic hydroxyl groups is 1. The zero-order valence-corrected chi connectivity index (χ0v) is 12.4. The lowest BCUT2D eigenvalue weighted by Gasteiger charge is -2.05. The summed E-state index contributed by atoms with van der Waals surface area (Å²) in [5.74, 6) is -1.18. The molecule has 1 heterocycles. The van der Waals surface area contributed by atoms with Crippen molar-refractivity contribution in [2.24, 2.45) is 0 Å². The molecule has 23 heavy (non-hydrogen) atoms. The molecule has 6 nitrogen and oxygen atoms in total. The topological polar surface area (TPSA) is 81.5 Å². The quantitative estimate of drug-likeness (QED) is 0.501. The number of carbonyl (C=O) groups is 1. The maximum absolute atomic E-state index is 12.8. The Morgan fingerprint density at radius 3 is 2.52 bits per heavy atom. The lowest BCUT2D eigenvalue weighted by Crippen LogP contribution is -2.07. The van der Waals surface area contributed by atoms with Crippen LogP contribution in [0.1, 0.15) is 18.3 Å². The maximum atomic E-state index is 12.8. The van der Waals surface area contributed by atoms with E-state index in [9.17, 15) is 14.3 Å². The van der Waals surface area contributed by atoms with E-state index >= 15 is 0 Å². The van der Waals surface area contributed by atoms with Crippen LogP contribution in [0.4, 0.5) is 4.39 Å². The van der Waals surface area contributed by atoms with Crippen LogP contribution in [0.15, 0.2) is 42.4 Å². The second kappa shape index (κ2) is 7.88. The molecule has 0 saturated heterocycles. The number of carbonyl (C=O) groups excluding carboxylic acids is 1. The molecule has 0 fully saturated rings. The Hall–Kier alpha value is -2.96. The lowest BCUT2D eigenvalue weighted by molar-refractivity contribution is -0.141. The predicted octanol–water partition coefficient (Wildman–Crippen LogP) is 2.66. The fraction of sp³-hybridized carbons (Fsp3) is 0.188. The SMILES string of the molecule is CCOC(=O)C(O)=Cc1ncc(OCc2ccc(F)cc2)cn1. The lowest BCUT2D eigenvalue weighted by atomic mass is 10.2. The second-order valence-corrected chi connectivity index (χ2v) is 4.44. The first-order chi connectivity index (χ1) is 11.1. The standard InChI is InChI=1S/C16H15FN2O4/c1-2-22-16(21)14(20)7-15-18-8-13(9-19-15)23-10-11-3-5-12(17)6-4-11/h3-9,20H,2,10H2,1H3. The van der Waals surface area contributed by atoms with Crippen LogP contribution in [0.2, 0.25) is 0 Å². The van der Waals surface area contributed by atoms with Crippen LogP contribution in [0, 0.1) is 5.82 Å². The summed E-state index contributed by atoms with van der Waals surface area (Å²) in [6, 6.07) is 5.93. The van der Waals surface area contributed by atoms with Gasteiger partial charge in [0.05, 0.1) is 19.0 Å². The first-order valence-corrected chi connectivity index (χ1v) is 6.85. The number of hydrogen-bond acceptors (Lipinski definition) is 6. The second-order valence-electron chi connectivity index (χ2n) is 4.44. The molecular formula is C16H15FN2O4. The third kappa shape index (κ3) is 5.06. The van der Waals surface area contributed by atoms with Gasteiger partial charge in [-0.25, -0.2) is 19.2 Å². The maximum Gasteiger partial charge on any atom is 0.373 e. The van der Waals surface area contributed by atoms with Crippen molar-refractivity contribution >= 4 is 12.0 Å². The average molecular weight is 318 g/mol. The molecule has 0 spiro atoms. The molecule has 0 saturated carbocycles. The zero-order chi connectivity index (χ0) is 16.7. The molecule has 2 rings (SSSR count). The van der Waals surface area contributed by atoms with Crippen LogP contribution in [0.3, 0.4) is 0 Å². The number of benzene rings is 1. The molecular weight excluding hydrogens is 303 g/mol. The summed E-state index contributed by atoms with van der Waals surface area (Å²) in [7, 11) is 0. The van der Waals surface area contributed by atoms with Crippen molar-refractivity contribution in [2.75, 3.05) is 6.61 Å². The van der Waals surface area contributed by atoms with Crippen molar-refractivity contribution in [2.45, 2.75) is 13.5 Å². The number of hydrogen-bond donors (Lipinski definition) is 1. The van der Waals surface area contributed by atoms with Gasteiger partial charge in [-0.1, -0.05) is 12.1 Å². The number of aliphatic hydroxyl groups excluding tert-OH is 1.